The Morgan fingerprint density at radius 1 is 1.07 bits per heavy atom. The highest BCUT2D eigenvalue weighted by Gasteiger charge is 2.06. The third-order valence-electron chi connectivity index (χ3n) is 4.08. The summed E-state index contributed by atoms with van der Waals surface area (Å²) in [6, 6.07) is 12.9. The van der Waals surface area contributed by atoms with Crippen LogP contribution in [0, 0.1) is 12.7 Å². The zero-order valence-corrected chi connectivity index (χ0v) is 16.2. The van der Waals surface area contributed by atoms with Crippen LogP contribution in [-0.4, -0.2) is 39.9 Å². The molecule has 0 atom stereocenters. The van der Waals surface area contributed by atoms with Crippen molar-refractivity contribution in [3.05, 3.63) is 65.0 Å². The van der Waals surface area contributed by atoms with E-state index in [2.05, 4.69) is 21.7 Å². The van der Waals surface area contributed by atoms with E-state index in [0.29, 0.717) is 44.2 Å². The summed E-state index contributed by atoms with van der Waals surface area (Å²) in [5.41, 5.74) is 2.86. The number of guanidine groups is 1. The van der Waals surface area contributed by atoms with Crippen molar-refractivity contribution >= 4 is 5.96 Å². The number of methoxy groups -OCH3 is 1. The lowest BCUT2D eigenvalue weighted by atomic mass is 10.1. The van der Waals surface area contributed by atoms with Crippen molar-refractivity contribution in [2.75, 3.05) is 33.9 Å². The first-order valence-corrected chi connectivity index (χ1v) is 9.03. The van der Waals surface area contributed by atoms with E-state index in [-0.39, 0.29) is 5.82 Å². The molecule has 0 saturated heterocycles. The van der Waals surface area contributed by atoms with Gasteiger partial charge in [-0.3, -0.25) is 4.99 Å². The van der Waals surface area contributed by atoms with Gasteiger partial charge in [-0.2, -0.15) is 0 Å². The molecular weight excluding hydrogens is 345 g/mol. The molecule has 5 nitrogen and oxygen atoms in total. The first kappa shape index (κ1) is 20.7. The SMILES string of the molecule is CN=C(NCCc1ccccc1F)NCc1ccc(C)cc1OCCOC. The highest BCUT2D eigenvalue weighted by atomic mass is 19.1. The second kappa shape index (κ2) is 11.2. The van der Waals surface area contributed by atoms with Gasteiger partial charge in [-0.1, -0.05) is 30.3 Å². The van der Waals surface area contributed by atoms with E-state index >= 15 is 0 Å². The highest BCUT2D eigenvalue weighted by molar-refractivity contribution is 5.79. The molecule has 0 fully saturated rings. The summed E-state index contributed by atoms with van der Waals surface area (Å²) in [7, 11) is 3.36. The van der Waals surface area contributed by atoms with Crippen LogP contribution >= 0.6 is 0 Å². The standard InChI is InChI=1S/C21H28FN3O2/c1-16-8-9-18(20(14-16)27-13-12-26-3)15-25-21(23-2)24-11-10-17-6-4-5-7-19(17)22/h4-9,14H,10-13,15H2,1-3H3,(H2,23,24,25). The van der Waals surface area contributed by atoms with E-state index in [1.54, 1.807) is 26.3 Å². The first-order chi connectivity index (χ1) is 13.1. The summed E-state index contributed by atoms with van der Waals surface area (Å²) in [6.45, 7) is 4.24. The predicted octanol–water partition coefficient (Wildman–Crippen LogP) is 3.07. The van der Waals surface area contributed by atoms with Gasteiger partial charge in [0.15, 0.2) is 5.96 Å². The average Bonchev–Trinajstić information content (AvgIpc) is 2.67. The molecule has 0 aliphatic rings. The molecule has 2 aromatic carbocycles. The lowest BCUT2D eigenvalue weighted by Crippen LogP contribution is -2.38. The largest absolute Gasteiger partial charge is 0.491 e. The van der Waals surface area contributed by atoms with Gasteiger partial charge in [-0.25, -0.2) is 4.39 Å². The molecule has 0 radical (unpaired) electrons. The number of benzene rings is 2. The average molecular weight is 373 g/mol. The topological polar surface area (TPSA) is 54.9 Å². The van der Waals surface area contributed by atoms with Gasteiger partial charge in [0.1, 0.15) is 18.2 Å². The maximum absolute atomic E-state index is 13.7. The van der Waals surface area contributed by atoms with Crippen molar-refractivity contribution in [3.63, 3.8) is 0 Å². The van der Waals surface area contributed by atoms with Gasteiger partial charge in [-0.05, 0) is 36.6 Å². The number of halogens is 1. The third kappa shape index (κ3) is 6.90. The molecule has 0 spiro atoms. The molecule has 0 heterocycles. The van der Waals surface area contributed by atoms with E-state index < -0.39 is 0 Å². The van der Waals surface area contributed by atoms with E-state index in [0.717, 1.165) is 16.9 Å². The number of rotatable bonds is 9. The Labute approximate surface area is 160 Å². The van der Waals surface area contributed by atoms with Gasteiger partial charge >= 0.3 is 0 Å². The summed E-state index contributed by atoms with van der Waals surface area (Å²) < 4.78 is 24.5. The quantitative estimate of drug-likeness (QED) is 0.403. The van der Waals surface area contributed by atoms with E-state index in [9.17, 15) is 4.39 Å². The van der Waals surface area contributed by atoms with Crippen LogP contribution in [0.2, 0.25) is 0 Å². The van der Waals surface area contributed by atoms with Crippen LogP contribution in [0.25, 0.3) is 0 Å². The summed E-state index contributed by atoms with van der Waals surface area (Å²) in [5.74, 6) is 1.32. The van der Waals surface area contributed by atoms with Crippen LogP contribution in [0.5, 0.6) is 5.75 Å². The summed E-state index contributed by atoms with van der Waals surface area (Å²) >= 11 is 0. The molecule has 6 heteroatoms. The van der Waals surface area contributed by atoms with Crippen molar-refractivity contribution in [3.8, 4) is 5.75 Å². The molecule has 2 aromatic rings. The Balaban J connectivity index is 1.87. The van der Waals surface area contributed by atoms with Crippen LogP contribution in [-0.2, 0) is 17.7 Å². The Morgan fingerprint density at radius 2 is 1.89 bits per heavy atom. The van der Waals surface area contributed by atoms with Crippen LogP contribution < -0.4 is 15.4 Å². The number of aliphatic imine (C=N–C) groups is 1. The van der Waals surface area contributed by atoms with E-state index in [1.807, 2.05) is 25.1 Å². The molecule has 0 bridgehead atoms. The lowest BCUT2D eigenvalue weighted by Gasteiger charge is -2.15. The van der Waals surface area contributed by atoms with Gasteiger partial charge in [0.2, 0.25) is 0 Å². The molecule has 0 aliphatic heterocycles. The van der Waals surface area contributed by atoms with Crippen molar-refractivity contribution in [1.29, 1.82) is 0 Å². The van der Waals surface area contributed by atoms with Gasteiger partial charge in [-0.15, -0.1) is 0 Å². The van der Waals surface area contributed by atoms with Crippen molar-refractivity contribution in [2.45, 2.75) is 19.9 Å². The molecule has 146 valence electrons. The van der Waals surface area contributed by atoms with Crippen LogP contribution in [0.15, 0.2) is 47.5 Å². The predicted molar refractivity (Wildman–Crippen MR) is 107 cm³/mol. The second-order valence-electron chi connectivity index (χ2n) is 6.15. The fraction of sp³-hybridized carbons (Fsp3) is 0.381. The minimum Gasteiger partial charge on any atom is -0.491 e. The number of ether oxygens (including phenoxy) is 2. The molecule has 0 unspecified atom stereocenters. The van der Waals surface area contributed by atoms with Gasteiger partial charge in [0.25, 0.3) is 0 Å². The highest BCUT2D eigenvalue weighted by Crippen LogP contribution is 2.20. The summed E-state index contributed by atoms with van der Waals surface area (Å²) in [6.07, 6.45) is 0.587. The maximum Gasteiger partial charge on any atom is 0.191 e. The number of hydrogen-bond acceptors (Lipinski definition) is 3. The van der Waals surface area contributed by atoms with Gasteiger partial charge in [0, 0.05) is 32.8 Å². The number of aryl methyl sites for hydroxylation is 1. The minimum atomic E-state index is -0.181. The Morgan fingerprint density at radius 3 is 2.63 bits per heavy atom. The maximum atomic E-state index is 13.7. The van der Waals surface area contributed by atoms with Gasteiger partial charge in [0.05, 0.1) is 6.61 Å². The molecule has 2 rings (SSSR count). The fourth-order valence-electron chi connectivity index (χ4n) is 2.59. The smallest absolute Gasteiger partial charge is 0.191 e. The van der Waals surface area contributed by atoms with Gasteiger partial charge < -0.3 is 20.1 Å². The van der Waals surface area contributed by atoms with Crippen molar-refractivity contribution in [2.24, 2.45) is 4.99 Å². The third-order valence-corrected chi connectivity index (χ3v) is 4.08. The zero-order valence-electron chi connectivity index (χ0n) is 16.2. The van der Waals surface area contributed by atoms with Crippen LogP contribution in [0.3, 0.4) is 0 Å². The molecule has 27 heavy (non-hydrogen) atoms. The van der Waals surface area contributed by atoms with Crippen molar-refractivity contribution in [1.82, 2.24) is 10.6 Å². The second-order valence-corrected chi connectivity index (χ2v) is 6.15. The van der Waals surface area contributed by atoms with Crippen LogP contribution in [0.4, 0.5) is 4.39 Å². The molecular formula is C21H28FN3O2. The Hall–Kier alpha value is -2.60. The van der Waals surface area contributed by atoms with E-state index in [4.69, 9.17) is 9.47 Å². The molecule has 0 saturated carbocycles. The normalized spacial score (nSPS) is 11.3. The summed E-state index contributed by atoms with van der Waals surface area (Å²) in [5, 5.41) is 6.48. The number of nitrogens with one attached hydrogen (secondary N) is 2. The molecule has 0 aliphatic carbocycles. The monoisotopic (exact) mass is 373 g/mol. The molecule has 2 N–H and O–H groups in total. The number of hydrogen-bond donors (Lipinski definition) is 2. The Bertz CT molecular complexity index is 750. The minimum absolute atomic E-state index is 0.181. The van der Waals surface area contributed by atoms with E-state index in [1.165, 1.54) is 6.07 Å². The first-order valence-electron chi connectivity index (χ1n) is 9.03. The lowest BCUT2D eigenvalue weighted by molar-refractivity contribution is 0.145. The molecule has 0 amide bonds. The summed E-state index contributed by atoms with van der Waals surface area (Å²) in [4.78, 5) is 4.22. The zero-order chi connectivity index (χ0) is 19.5. The molecule has 0 aromatic heterocycles. The van der Waals surface area contributed by atoms with Crippen molar-refractivity contribution < 1.29 is 13.9 Å². The Kier molecular flexibility index (Phi) is 8.58. The van der Waals surface area contributed by atoms with Crippen LogP contribution in [0.1, 0.15) is 16.7 Å². The fourth-order valence-corrected chi connectivity index (χ4v) is 2.59. The number of nitrogens with zero attached hydrogens (tertiary/aromatic N) is 1.